The summed E-state index contributed by atoms with van der Waals surface area (Å²) in [7, 11) is 0. The molecule has 1 heterocycles. The third-order valence-corrected chi connectivity index (χ3v) is 5.82. The second kappa shape index (κ2) is 14.5. The van der Waals surface area contributed by atoms with Crippen molar-refractivity contribution in [1.29, 1.82) is 0 Å². The monoisotopic (exact) mass is 437 g/mol. The highest BCUT2D eigenvalue weighted by molar-refractivity contribution is 5.93. The number of pyridine rings is 1. The molecule has 0 bridgehead atoms. The predicted molar refractivity (Wildman–Crippen MR) is 131 cm³/mol. The van der Waals surface area contributed by atoms with Crippen LogP contribution >= 0.6 is 0 Å². The molecule has 0 fully saturated rings. The normalized spacial score (nSPS) is 11.8. The Kier molecular flexibility index (Phi) is 11.7. The zero-order valence-electron chi connectivity index (χ0n) is 20.1. The topological polar surface area (TPSA) is 56.3 Å². The van der Waals surface area contributed by atoms with Gasteiger partial charge in [0.05, 0.1) is 11.3 Å². The van der Waals surface area contributed by atoms with Crippen LogP contribution < -0.4 is 0 Å². The number of unbranched alkanes of at least 4 members (excludes halogenated alkanes) is 7. The zero-order chi connectivity index (χ0) is 23.2. The van der Waals surface area contributed by atoms with E-state index >= 15 is 0 Å². The molecule has 1 atom stereocenters. The van der Waals surface area contributed by atoms with Gasteiger partial charge in [-0.2, -0.15) is 0 Å². The Balaban J connectivity index is 1.83. The van der Waals surface area contributed by atoms with Crippen molar-refractivity contribution in [2.75, 3.05) is 0 Å². The lowest BCUT2D eigenvalue weighted by Gasteiger charge is -2.12. The Hall–Kier alpha value is -2.49. The molecule has 0 saturated heterocycles. The van der Waals surface area contributed by atoms with E-state index < -0.39 is 12.1 Å². The fourth-order valence-electron chi connectivity index (χ4n) is 3.68. The van der Waals surface area contributed by atoms with E-state index in [4.69, 9.17) is 4.74 Å². The molecule has 0 aliphatic carbocycles. The second-order valence-corrected chi connectivity index (χ2v) is 8.62. The van der Waals surface area contributed by atoms with Gasteiger partial charge < -0.3 is 4.74 Å². The highest BCUT2D eigenvalue weighted by Crippen LogP contribution is 2.19. The minimum Gasteiger partial charge on any atom is -0.451 e. The predicted octanol–water partition coefficient (Wildman–Crippen LogP) is 7.35. The van der Waals surface area contributed by atoms with Gasteiger partial charge in [-0.1, -0.05) is 77.0 Å². The van der Waals surface area contributed by atoms with Crippen molar-refractivity contribution in [3.05, 3.63) is 53.7 Å². The molecule has 0 amide bonds. The number of Topliss-reactive ketones (excluding diaryl/α,β-unsaturated/α-hetero) is 1. The van der Waals surface area contributed by atoms with Crippen molar-refractivity contribution < 1.29 is 14.3 Å². The van der Waals surface area contributed by atoms with Crippen LogP contribution in [0.25, 0.3) is 11.3 Å². The molecule has 0 N–H and O–H groups in total. The molecule has 1 unspecified atom stereocenters. The first-order valence-electron chi connectivity index (χ1n) is 12.3. The van der Waals surface area contributed by atoms with Gasteiger partial charge in [-0.15, -0.1) is 0 Å². The Morgan fingerprint density at radius 1 is 0.844 bits per heavy atom. The van der Waals surface area contributed by atoms with E-state index in [0.29, 0.717) is 12.0 Å². The molecule has 32 heavy (non-hydrogen) atoms. The number of carbonyl (C=O) groups excluding carboxylic acids is 2. The minimum absolute atomic E-state index is 0.0198. The number of hydrogen-bond donors (Lipinski definition) is 0. The molecular formula is C28H39NO3. The lowest BCUT2D eigenvalue weighted by Crippen LogP contribution is -2.24. The summed E-state index contributed by atoms with van der Waals surface area (Å²) in [5.41, 5.74) is 3.55. The summed E-state index contributed by atoms with van der Waals surface area (Å²) < 4.78 is 5.35. The van der Waals surface area contributed by atoms with Crippen LogP contribution in [0.1, 0.15) is 101 Å². The number of rotatable bonds is 15. The summed E-state index contributed by atoms with van der Waals surface area (Å²) in [6, 6.07) is 11.4. The molecule has 0 aliphatic heterocycles. The standard InChI is InChI=1S/C28H39NO3/c1-4-6-8-9-10-12-13-23-15-20-26(29-21-23)24-16-18-25(19-17-24)28(31)32-22(3)27(30)14-11-7-5-2/h15-22H,4-14H2,1-3H3. The first-order chi connectivity index (χ1) is 15.5. The molecular weight excluding hydrogens is 398 g/mol. The Labute approximate surface area is 193 Å². The number of carbonyl (C=O) groups is 2. The summed E-state index contributed by atoms with van der Waals surface area (Å²) in [5.74, 6) is -0.483. The van der Waals surface area contributed by atoms with E-state index in [-0.39, 0.29) is 5.78 Å². The maximum Gasteiger partial charge on any atom is 0.338 e. The number of hydrogen-bond acceptors (Lipinski definition) is 4. The Morgan fingerprint density at radius 2 is 1.50 bits per heavy atom. The molecule has 0 aliphatic rings. The van der Waals surface area contributed by atoms with Gasteiger partial charge >= 0.3 is 5.97 Å². The Bertz CT molecular complexity index is 812. The molecule has 4 heteroatoms. The van der Waals surface area contributed by atoms with E-state index in [1.165, 1.54) is 44.1 Å². The number of aryl methyl sites for hydroxylation is 1. The lowest BCUT2D eigenvalue weighted by atomic mass is 10.0. The van der Waals surface area contributed by atoms with E-state index in [0.717, 1.165) is 36.9 Å². The SMILES string of the molecule is CCCCCCCCc1ccc(-c2ccc(C(=O)OC(C)C(=O)CCCCC)cc2)nc1. The average Bonchev–Trinajstić information content (AvgIpc) is 2.82. The highest BCUT2D eigenvalue weighted by atomic mass is 16.5. The molecule has 4 nitrogen and oxygen atoms in total. The van der Waals surface area contributed by atoms with Crippen LogP contribution in [0.2, 0.25) is 0 Å². The van der Waals surface area contributed by atoms with Gasteiger partial charge in [-0.25, -0.2) is 4.79 Å². The molecule has 1 aromatic carbocycles. The fraction of sp³-hybridized carbons (Fsp3) is 0.536. The van der Waals surface area contributed by atoms with Gasteiger partial charge in [0.2, 0.25) is 0 Å². The molecule has 0 spiro atoms. The third kappa shape index (κ3) is 8.94. The number of ketones is 1. The fourth-order valence-corrected chi connectivity index (χ4v) is 3.68. The van der Waals surface area contributed by atoms with Crippen molar-refractivity contribution in [3.63, 3.8) is 0 Å². The van der Waals surface area contributed by atoms with Gasteiger partial charge in [0.15, 0.2) is 11.9 Å². The number of nitrogens with zero attached hydrogens (tertiary/aromatic N) is 1. The summed E-state index contributed by atoms with van der Waals surface area (Å²) >= 11 is 0. The molecule has 2 aromatic rings. The number of esters is 1. The largest absolute Gasteiger partial charge is 0.451 e. The highest BCUT2D eigenvalue weighted by Gasteiger charge is 2.18. The first kappa shape index (κ1) is 25.8. The van der Waals surface area contributed by atoms with Crippen LogP contribution in [0.4, 0.5) is 0 Å². The van der Waals surface area contributed by atoms with Crippen LogP contribution in [-0.2, 0) is 16.0 Å². The van der Waals surface area contributed by atoms with E-state index in [9.17, 15) is 9.59 Å². The molecule has 2 rings (SSSR count). The van der Waals surface area contributed by atoms with Crippen molar-refractivity contribution in [2.24, 2.45) is 0 Å². The average molecular weight is 438 g/mol. The maximum absolute atomic E-state index is 12.4. The van der Waals surface area contributed by atoms with Gasteiger partial charge in [0.25, 0.3) is 0 Å². The van der Waals surface area contributed by atoms with Crippen molar-refractivity contribution in [2.45, 2.75) is 97.5 Å². The van der Waals surface area contributed by atoms with Crippen molar-refractivity contribution in [1.82, 2.24) is 4.98 Å². The molecule has 0 radical (unpaired) electrons. The van der Waals surface area contributed by atoms with E-state index in [2.05, 4.69) is 24.9 Å². The smallest absolute Gasteiger partial charge is 0.338 e. The number of aromatic nitrogens is 1. The lowest BCUT2D eigenvalue weighted by molar-refractivity contribution is -0.127. The molecule has 174 valence electrons. The van der Waals surface area contributed by atoms with E-state index in [1.54, 1.807) is 19.1 Å². The summed E-state index contributed by atoms with van der Waals surface area (Å²) in [4.78, 5) is 29.1. The number of benzene rings is 1. The summed E-state index contributed by atoms with van der Waals surface area (Å²) in [6.07, 6.45) is 13.5. The second-order valence-electron chi connectivity index (χ2n) is 8.62. The first-order valence-corrected chi connectivity index (χ1v) is 12.3. The molecule has 0 saturated carbocycles. The van der Waals surface area contributed by atoms with Crippen LogP contribution in [0.15, 0.2) is 42.6 Å². The van der Waals surface area contributed by atoms with Gasteiger partial charge in [0.1, 0.15) is 0 Å². The van der Waals surface area contributed by atoms with Crippen LogP contribution in [0.3, 0.4) is 0 Å². The van der Waals surface area contributed by atoms with Crippen LogP contribution in [0, 0.1) is 0 Å². The van der Waals surface area contributed by atoms with Crippen LogP contribution in [-0.4, -0.2) is 22.8 Å². The van der Waals surface area contributed by atoms with Crippen molar-refractivity contribution in [3.8, 4) is 11.3 Å². The summed E-state index contributed by atoms with van der Waals surface area (Å²) in [6.45, 7) is 5.99. The molecule has 1 aromatic heterocycles. The Morgan fingerprint density at radius 3 is 2.16 bits per heavy atom. The van der Waals surface area contributed by atoms with Crippen LogP contribution in [0.5, 0.6) is 0 Å². The van der Waals surface area contributed by atoms with Crippen molar-refractivity contribution >= 4 is 11.8 Å². The number of ether oxygens (including phenoxy) is 1. The summed E-state index contributed by atoms with van der Waals surface area (Å²) in [5, 5.41) is 0. The van der Waals surface area contributed by atoms with Gasteiger partial charge in [-0.05, 0) is 49.9 Å². The third-order valence-electron chi connectivity index (χ3n) is 5.82. The van der Waals surface area contributed by atoms with Gasteiger partial charge in [-0.3, -0.25) is 9.78 Å². The van der Waals surface area contributed by atoms with Gasteiger partial charge in [0, 0.05) is 18.2 Å². The minimum atomic E-state index is -0.708. The zero-order valence-corrected chi connectivity index (χ0v) is 20.1. The maximum atomic E-state index is 12.4. The quantitative estimate of drug-likeness (QED) is 0.216. The van der Waals surface area contributed by atoms with E-state index in [1.807, 2.05) is 24.4 Å².